The number of piperidine rings is 1. The number of amidine groups is 1. The average Bonchev–Trinajstić information content (AvgIpc) is 2.82. The van der Waals surface area contributed by atoms with Gasteiger partial charge in [-0.1, -0.05) is 0 Å². The van der Waals surface area contributed by atoms with Gasteiger partial charge in [0.1, 0.15) is 29.8 Å². The van der Waals surface area contributed by atoms with Crippen LogP contribution in [0, 0.1) is 28.1 Å². The van der Waals surface area contributed by atoms with Crippen LogP contribution >= 0.6 is 0 Å². The Hall–Kier alpha value is -3.71. The number of aromatic nitrogens is 2. The number of ether oxygens (including phenoxy) is 1. The smallest absolute Gasteiger partial charge is 0.264 e. The summed E-state index contributed by atoms with van der Waals surface area (Å²) < 4.78 is 5.95. The Morgan fingerprint density at radius 3 is 2.70 bits per heavy atom. The maximum Gasteiger partial charge on any atom is 0.264 e. The van der Waals surface area contributed by atoms with Crippen LogP contribution in [0.2, 0.25) is 0 Å². The Kier molecular flexibility index (Phi) is 7.79. The molecule has 0 radical (unpaired) electrons. The number of anilines is 1. The van der Waals surface area contributed by atoms with E-state index in [9.17, 15) is 10.1 Å². The molecule has 1 saturated heterocycles. The van der Waals surface area contributed by atoms with E-state index in [1.54, 1.807) is 19.3 Å². The molecule has 2 aromatic rings. The molecule has 3 N–H and O–H groups in total. The van der Waals surface area contributed by atoms with Crippen LogP contribution in [0.4, 0.5) is 5.69 Å². The maximum absolute atomic E-state index is 11.9. The van der Waals surface area contributed by atoms with Gasteiger partial charge in [0, 0.05) is 49.8 Å². The van der Waals surface area contributed by atoms with Crippen LogP contribution in [0.5, 0.6) is 5.75 Å². The zero-order valence-corrected chi connectivity index (χ0v) is 19.3. The van der Waals surface area contributed by atoms with Crippen molar-refractivity contribution in [1.29, 1.82) is 16.1 Å². The minimum absolute atomic E-state index is 0.0441. The van der Waals surface area contributed by atoms with E-state index in [0.29, 0.717) is 49.0 Å². The third kappa shape index (κ3) is 5.56. The van der Waals surface area contributed by atoms with Crippen LogP contribution in [0.1, 0.15) is 18.4 Å². The molecule has 33 heavy (non-hydrogen) atoms. The van der Waals surface area contributed by atoms with E-state index >= 15 is 0 Å². The summed E-state index contributed by atoms with van der Waals surface area (Å²) in [5.74, 6) is 0.974. The fourth-order valence-electron chi connectivity index (χ4n) is 3.96. The van der Waals surface area contributed by atoms with Crippen LogP contribution in [0.3, 0.4) is 0 Å². The lowest BCUT2D eigenvalue weighted by Gasteiger charge is -2.36. The lowest BCUT2D eigenvalue weighted by molar-refractivity contribution is 0.261. The second-order valence-electron chi connectivity index (χ2n) is 8.32. The molecule has 174 valence electrons. The predicted octanol–water partition coefficient (Wildman–Crippen LogP) is 1.98. The van der Waals surface area contributed by atoms with E-state index in [-0.39, 0.29) is 11.5 Å². The van der Waals surface area contributed by atoms with Crippen molar-refractivity contribution in [3.63, 3.8) is 0 Å². The zero-order valence-electron chi connectivity index (χ0n) is 19.3. The van der Waals surface area contributed by atoms with Crippen LogP contribution in [-0.2, 0) is 0 Å². The van der Waals surface area contributed by atoms with Gasteiger partial charge in [-0.25, -0.2) is 5.10 Å². The monoisotopic (exact) mass is 450 g/mol. The summed E-state index contributed by atoms with van der Waals surface area (Å²) in [5, 5.41) is 32.1. The van der Waals surface area contributed by atoms with E-state index in [1.165, 1.54) is 11.0 Å². The molecule has 0 unspecified atom stereocenters. The number of benzene rings is 1. The van der Waals surface area contributed by atoms with Gasteiger partial charge in [-0.15, -0.1) is 0 Å². The number of likely N-dealkylation sites (N-methyl/N-ethyl adjacent to an activating group) is 1. The highest BCUT2D eigenvalue weighted by molar-refractivity contribution is 5.91. The zero-order chi connectivity index (χ0) is 24.0. The van der Waals surface area contributed by atoms with E-state index in [1.807, 2.05) is 25.1 Å². The molecule has 0 atom stereocenters. The molecule has 0 amide bonds. The largest absolute Gasteiger partial charge is 0.491 e. The quantitative estimate of drug-likeness (QED) is 0.413. The van der Waals surface area contributed by atoms with Gasteiger partial charge < -0.3 is 19.4 Å². The van der Waals surface area contributed by atoms with Crippen molar-refractivity contribution in [3.05, 3.63) is 40.3 Å². The van der Waals surface area contributed by atoms with Crippen LogP contribution < -0.4 is 15.2 Å². The van der Waals surface area contributed by atoms with Crippen LogP contribution in [0.25, 0.3) is 11.1 Å². The molecule has 0 saturated carbocycles. The second kappa shape index (κ2) is 10.7. The topological polar surface area (TPSA) is 136 Å². The molecular formula is C23H30N8O2. The summed E-state index contributed by atoms with van der Waals surface area (Å²) in [6, 6.07) is 7.44. The number of nitrogens with one attached hydrogen (secondary N) is 3. The Morgan fingerprint density at radius 2 is 2.09 bits per heavy atom. The number of nitrogens with zero attached hydrogens (tertiary/aromatic N) is 5. The summed E-state index contributed by atoms with van der Waals surface area (Å²) in [5.41, 5.74) is 2.21. The van der Waals surface area contributed by atoms with E-state index in [0.717, 1.165) is 30.4 Å². The molecule has 1 aliphatic rings. The molecule has 0 spiro atoms. The lowest BCUT2D eigenvalue weighted by Crippen LogP contribution is -2.41. The maximum atomic E-state index is 11.9. The summed E-state index contributed by atoms with van der Waals surface area (Å²) in [6.07, 6.45) is 4.17. The van der Waals surface area contributed by atoms with Gasteiger partial charge in [-0.05, 0) is 39.1 Å². The molecule has 3 rings (SSSR count). The fourth-order valence-corrected chi connectivity index (χ4v) is 3.96. The Morgan fingerprint density at radius 1 is 1.36 bits per heavy atom. The summed E-state index contributed by atoms with van der Waals surface area (Å²) >= 11 is 0. The highest BCUT2D eigenvalue weighted by atomic mass is 16.5. The summed E-state index contributed by atoms with van der Waals surface area (Å²) in [7, 11) is 5.63. The first-order valence-corrected chi connectivity index (χ1v) is 10.8. The molecule has 0 aliphatic carbocycles. The van der Waals surface area contributed by atoms with Crippen molar-refractivity contribution in [2.24, 2.45) is 5.92 Å². The second-order valence-corrected chi connectivity index (χ2v) is 8.32. The molecule has 2 heterocycles. The van der Waals surface area contributed by atoms with E-state index in [4.69, 9.17) is 15.6 Å². The van der Waals surface area contributed by atoms with Gasteiger partial charge >= 0.3 is 0 Å². The highest BCUT2D eigenvalue weighted by Crippen LogP contribution is 2.40. The third-order valence-electron chi connectivity index (χ3n) is 5.80. The van der Waals surface area contributed by atoms with Gasteiger partial charge in [0.25, 0.3) is 5.56 Å². The number of hydrogen-bond acceptors (Lipinski definition) is 8. The molecule has 1 aromatic carbocycles. The van der Waals surface area contributed by atoms with E-state index in [2.05, 4.69) is 21.2 Å². The minimum Gasteiger partial charge on any atom is -0.491 e. The molecular weight excluding hydrogens is 420 g/mol. The number of aromatic amines is 1. The van der Waals surface area contributed by atoms with Gasteiger partial charge in [0.05, 0.1) is 18.2 Å². The van der Waals surface area contributed by atoms with Crippen LogP contribution in [-0.4, -0.2) is 79.6 Å². The van der Waals surface area contributed by atoms with Crippen molar-refractivity contribution in [3.8, 4) is 22.9 Å². The number of hydrogen-bond donors (Lipinski definition) is 3. The van der Waals surface area contributed by atoms with Crippen molar-refractivity contribution in [1.82, 2.24) is 20.0 Å². The Balaban J connectivity index is 1.98. The van der Waals surface area contributed by atoms with Gasteiger partial charge in [0.2, 0.25) is 0 Å². The number of nitriles is 1. The third-order valence-corrected chi connectivity index (χ3v) is 5.80. The molecule has 10 heteroatoms. The van der Waals surface area contributed by atoms with Crippen molar-refractivity contribution in [2.75, 3.05) is 52.3 Å². The van der Waals surface area contributed by atoms with Crippen molar-refractivity contribution >= 4 is 17.9 Å². The van der Waals surface area contributed by atoms with Gasteiger partial charge in [0.15, 0.2) is 0 Å². The molecule has 1 aromatic heterocycles. The standard InChI is InChI=1S/C23H30N8O2/c1-29(2)10-11-33-20-5-4-18(17-12-21(32)28-27-14-17)22(19(20)13-24)31-8-6-16(7-9-31)23(26)30(3)15-25/h4-5,12,14-16,25-26H,6-11H2,1-3H3,(H,28,32). The normalized spacial score (nSPS) is 14.1. The number of rotatable bonds is 8. The SMILES string of the molecule is CN(C)CCOc1ccc(-c2cn[nH]c(=O)c2)c(N2CCC(C(=N)N(C)C=N)CC2)c1C#N. The summed E-state index contributed by atoms with van der Waals surface area (Å²) in [6.45, 7) is 2.44. The van der Waals surface area contributed by atoms with Crippen molar-refractivity contribution < 1.29 is 4.74 Å². The van der Waals surface area contributed by atoms with Gasteiger partial charge in [-0.3, -0.25) is 15.6 Å². The fraction of sp³-hybridized carbons (Fsp3) is 0.435. The first-order chi connectivity index (χ1) is 15.8. The molecule has 1 aliphatic heterocycles. The average molecular weight is 451 g/mol. The highest BCUT2D eigenvalue weighted by Gasteiger charge is 2.28. The minimum atomic E-state index is -0.315. The first-order valence-electron chi connectivity index (χ1n) is 10.8. The number of H-pyrrole nitrogens is 1. The van der Waals surface area contributed by atoms with Crippen LogP contribution in [0.15, 0.2) is 29.2 Å². The Bertz CT molecular complexity index is 1100. The molecule has 10 nitrogen and oxygen atoms in total. The van der Waals surface area contributed by atoms with Crippen molar-refractivity contribution in [2.45, 2.75) is 12.8 Å². The Labute approximate surface area is 193 Å². The molecule has 1 fully saturated rings. The van der Waals surface area contributed by atoms with Gasteiger partial charge in [-0.2, -0.15) is 10.4 Å². The first kappa shape index (κ1) is 23.9. The predicted molar refractivity (Wildman–Crippen MR) is 128 cm³/mol. The van der Waals surface area contributed by atoms with E-state index < -0.39 is 0 Å². The molecule has 0 bridgehead atoms. The summed E-state index contributed by atoms with van der Waals surface area (Å²) in [4.78, 5) is 17.6. The lowest BCUT2D eigenvalue weighted by atomic mass is 9.92.